The van der Waals surface area contributed by atoms with Crippen molar-refractivity contribution in [3.63, 3.8) is 0 Å². The molecule has 0 unspecified atom stereocenters. The molecule has 2 aliphatic heterocycles. The lowest BCUT2D eigenvalue weighted by Crippen LogP contribution is -2.54. The summed E-state index contributed by atoms with van der Waals surface area (Å²) in [5.74, 6) is 0.482. The molecule has 2 rings (SSSR count). The van der Waals surface area contributed by atoms with Crippen molar-refractivity contribution < 1.29 is 14.3 Å². The average Bonchev–Trinajstić information content (AvgIpc) is 3.01. The summed E-state index contributed by atoms with van der Waals surface area (Å²) in [7, 11) is 1.72. The molecule has 2 aliphatic rings. The maximum absolute atomic E-state index is 12.8. The molecule has 21 heavy (non-hydrogen) atoms. The number of hydrogen-bond acceptors (Lipinski definition) is 4. The topological polar surface area (TPSA) is 42.0 Å². The van der Waals surface area contributed by atoms with Gasteiger partial charge in [0.2, 0.25) is 5.91 Å². The van der Waals surface area contributed by atoms with Gasteiger partial charge in [-0.15, -0.1) is 0 Å². The summed E-state index contributed by atoms with van der Waals surface area (Å²) in [6, 6.07) is 0. The van der Waals surface area contributed by atoms with Crippen LogP contribution in [0.3, 0.4) is 0 Å². The van der Waals surface area contributed by atoms with E-state index in [0.29, 0.717) is 12.5 Å². The van der Waals surface area contributed by atoms with Crippen molar-refractivity contribution in [1.82, 2.24) is 9.80 Å². The van der Waals surface area contributed by atoms with Crippen LogP contribution in [0.15, 0.2) is 0 Å². The van der Waals surface area contributed by atoms with Gasteiger partial charge in [-0.1, -0.05) is 13.8 Å². The maximum atomic E-state index is 12.8. The van der Waals surface area contributed by atoms with Crippen molar-refractivity contribution in [1.29, 1.82) is 0 Å². The number of morpholine rings is 1. The van der Waals surface area contributed by atoms with E-state index in [1.165, 1.54) is 0 Å². The molecular formula is C16H30N2O3. The number of carbonyl (C=O) groups is 1. The quantitative estimate of drug-likeness (QED) is 0.743. The molecule has 0 bridgehead atoms. The van der Waals surface area contributed by atoms with Gasteiger partial charge in [-0.25, -0.2) is 0 Å². The Morgan fingerprint density at radius 3 is 2.76 bits per heavy atom. The second kappa shape index (κ2) is 7.56. The molecule has 0 aromatic carbocycles. The Morgan fingerprint density at radius 1 is 1.33 bits per heavy atom. The second-order valence-electron chi connectivity index (χ2n) is 6.28. The lowest BCUT2D eigenvalue weighted by molar-refractivity contribution is -0.155. The Hall–Kier alpha value is -0.650. The van der Waals surface area contributed by atoms with Gasteiger partial charge in [0.1, 0.15) is 0 Å². The van der Waals surface area contributed by atoms with Gasteiger partial charge >= 0.3 is 0 Å². The molecule has 1 amide bonds. The van der Waals surface area contributed by atoms with Gasteiger partial charge < -0.3 is 19.3 Å². The van der Waals surface area contributed by atoms with Gasteiger partial charge in [-0.3, -0.25) is 4.79 Å². The van der Waals surface area contributed by atoms with Crippen LogP contribution in [0.1, 0.15) is 33.1 Å². The first kappa shape index (κ1) is 16.7. The standard InChI is InChI=1S/C16H30N2O3/c1-4-16(5-2)13-18(9-11-21-16)15(19)14-6-7-17(12-14)8-10-20-3/h14H,4-13H2,1-3H3/t14-/m0/s1. The molecule has 2 saturated heterocycles. The minimum Gasteiger partial charge on any atom is -0.383 e. The van der Waals surface area contributed by atoms with E-state index in [4.69, 9.17) is 9.47 Å². The van der Waals surface area contributed by atoms with Crippen LogP contribution in [0.4, 0.5) is 0 Å². The maximum Gasteiger partial charge on any atom is 0.227 e. The number of likely N-dealkylation sites (tertiary alicyclic amines) is 1. The Bertz CT molecular complexity index is 344. The van der Waals surface area contributed by atoms with Crippen LogP contribution < -0.4 is 0 Å². The largest absolute Gasteiger partial charge is 0.383 e. The van der Waals surface area contributed by atoms with Crippen LogP contribution in [-0.4, -0.2) is 74.4 Å². The van der Waals surface area contributed by atoms with E-state index in [9.17, 15) is 4.79 Å². The van der Waals surface area contributed by atoms with E-state index < -0.39 is 0 Å². The van der Waals surface area contributed by atoms with Gasteiger partial charge in [0.05, 0.1) is 24.7 Å². The number of amides is 1. The number of methoxy groups -OCH3 is 1. The van der Waals surface area contributed by atoms with Crippen molar-refractivity contribution in [3.05, 3.63) is 0 Å². The third-order valence-electron chi connectivity index (χ3n) is 5.08. The molecule has 0 N–H and O–H groups in total. The molecule has 0 saturated carbocycles. The van der Waals surface area contributed by atoms with Gasteiger partial charge in [0, 0.05) is 33.3 Å². The van der Waals surface area contributed by atoms with Gasteiger partial charge in [-0.05, 0) is 25.8 Å². The molecule has 1 atom stereocenters. The zero-order chi connectivity index (χ0) is 15.3. The molecule has 122 valence electrons. The fraction of sp³-hybridized carbons (Fsp3) is 0.938. The molecule has 0 spiro atoms. The number of hydrogen-bond donors (Lipinski definition) is 0. The van der Waals surface area contributed by atoms with E-state index >= 15 is 0 Å². The first-order valence-corrected chi connectivity index (χ1v) is 8.28. The third-order valence-corrected chi connectivity index (χ3v) is 5.08. The van der Waals surface area contributed by atoms with Crippen molar-refractivity contribution in [2.75, 3.05) is 53.0 Å². The van der Waals surface area contributed by atoms with Crippen molar-refractivity contribution in [2.45, 2.75) is 38.7 Å². The average molecular weight is 298 g/mol. The highest BCUT2D eigenvalue weighted by Gasteiger charge is 2.38. The van der Waals surface area contributed by atoms with E-state index in [2.05, 4.69) is 18.7 Å². The fourth-order valence-electron chi connectivity index (χ4n) is 3.43. The second-order valence-corrected chi connectivity index (χ2v) is 6.28. The minimum absolute atomic E-state index is 0.123. The number of rotatable bonds is 6. The molecule has 0 aromatic heterocycles. The molecule has 0 aliphatic carbocycles. The number of carbonyl (C=O) groups excluding carboxylic acids is 1. The lowest BCUT2D eigenvalue weighted by Gasteiger charge is -2.42. The first-order chi connectivity index (χ1) is 10.1. The van der Waals surface area contributed by atoms with Gasteiger partial charge in [0.25, 0.3) is 0 Å². The monoisotopic (exact) mass is 298 g/mol. The van der Waals surface area contributed by atoms with Crippen molar-refractivity contribution >= 4 is 5.91 Å². The Balaban J connectivity index is 1.88. The summed E-state index contributed by atoms with van der Waals surface area (Å²) in [5.41, 5.74) is -0.123. The normalized spacial score (nSPS) is 26.2. The lowest BCUT2D eigenvalue weighted by atomic mass is 9.94. The zero-order valence-electron chi connectivity index (χ0n) is 13.8. The van der Waals surface area contributed by atoms with E-state index in [1.54, 1.807) is 7.11 Å². The summed E-state index contributed by atoms with van der Waals surface area (Å²) in [6.45, 7) is 10.0. The molecule has 5 nitrogen and oxygen atoms in total. The zero-order valence-corrected chi connectivity index (χ0v) is 13.8. The first-order valence-electron chi connectivity index (χ1n) is 8.28. The van der Waals surface area contributed by atoms with E-state index in [-0.39, 0.29) is 11.5 Å². The Morgan fingerprint density at radius 2 is 2.10 bits per heavy atom. The third kappa shape index (κ3) is 3.96. The highest BCUT2D eigenvalue weighted by molar-refractivity contribution is 5.79. The van der Waals surface area contributed by atoms with Crippen molar-refractivity contribution in [3.8, 4) is 0 Å². The molecule has 2 heterocycles. The predicted molar refractivity (Wildman–Crippen MR) is 82.3 cm³/mol. The van der Waals surface area contributed by atoms with Crippen LogP contribution in [0.2, 0.25) is 0 Å². The summed E-state index contributed by atoms with van der Waals surface area (Å²) >= 11 is 0. The Labute approximate surface area is 128 Å². The smallest absolute Gasteiger partial charge is 0.227 e. The minimum atomic E-state index is -0.123. The number of nitrogens with zero attached hydrogens (tertiary/aromatic N) is 2. The number of ether oxygens (including phenoxy) is 2. The summed E-state index contributed by atoms with van der Waals surface area (Å²) in [6.07, 6.45) is 2.92. The SMILES string of the molecule is CCC1(CC)CN(C(=O)[C@H]2CCN(CCOC)C2)CCO1. The van der Waals surface area contributed by atoms with Crippen LogP contribution in [0, 0.1) is 5.92 Å². The van der Waals surface area contributed by atoms with Crippen LogP contribution in [-0.2, 0) is 14.3 Å². The molecule has 2 fully saturated rings. The fourth-order valence-corrected chi connectivity index (χ4v) is 3.43. The molecular weight excluding hydrogens is 268 g/mol. The summed E-state index contributed by atoms with van der Waals surface area (Å²) < 4.78 is 11.1. The van der Waals surface area contributed by atoms with Crippen LogP contribution >= 0.6 is 0 Å². The summed E-state index contributed by atoms with van der Waals surface area (Å²) in [5, 5.41) is 0. The van der Waals surface area contributed by atoms with Gasteiger partial charge in [-0.2, -0.15) is 0 Å². The molecule has 5 heteroatoms. The van der Waals surface area contributed by atoms with Gasteiger partial charge in [0.15, 0.2) is 0 Å². The van der Waals surface area contributed by atoms with Crippen LogP contribution in [0.25, 0.3) is 0 Å². The highest BCUT2D eigenvalue weighted by Crippen LogP contribution is 2.27. The molecule has 0 radical (unpaired) electrons. The van der Waals surface area contributed by atoms with Crippen LogP contribution in [0.5, 0.6) is 0 Å². The predicted octanol–water partition coefficient (Wildman–Crippen LogP) is 1.37. The van der Waals surface area contributed by atoms with E-state index in [1.807, 2.05) is 4.90 Å². The Kier molecular flexibility index (Phi) is 6.02. The van der Waals surface area contributed by atoms with Crippen molar-refractivity contribution in [2.24, 2.45) is 5.92 Å². The highest BCUT2D eigenvalue weighted by atomic mass is 16.5. The summed E-state index contributed by atoms with van der Waals surface area (Å²) in [4.78, 5) is 17.1. The van der Waals surface area contributed by atoms with E-state index in [0.717, 1.165) is 58.6 Å². The molecule has 0 aromatic rings.